The normalized spacial score (nSPS) is 10.3. The van der Waals surface area contributed by atoms with Gasteiger partial charge in [-0.05, 0) is 37.6 Å². The molecule has 0 spiro atoms. The van der Waals surface area contributed by atoms with E-state index in [-0.39, 0.29) is 5.95 Å². The van der Waals surface area contributed by atoms with Crippen molar-refractivity contribution in [2.45, 2.75) is 13.8 Å². The summed E-state index contributed by atoms with van der Waals surface area (Å²) in [6.07, 6.45) is 1.64. The summed E-state index contributed by atoms with van der Waals surface area (Å²) in [5.41, 5.74) is 7.41. The molecule has 0 aliphatic heterocycles. The van der Waals surface area contributed by atoms with E-state index in [1.54, 1.807) is 6.20 Å². The summed E-state index contributed by atoms with van der Waals surface area (Å²) in [5.74, 6) is 1.46. The van der Waals surface area contributed by atoms with Gasteiger partial charge in [0.1, 0.15) is 5.75 Å². The Morgan fingerprint density at radius 1 is 1.24 bits per heavy atom. The summed E-state index contributed by atoms with van der Waals surface area (Å²) in [6.45, 7) is 3.85. The summed E-state index contributed by atoms with van der Waals surface area (Å²) in [4.78, 5) is 7.96. The molecular weight excluding hydrogens is 282 g/mol. The molecule has 2 rings (SSSR count). The summed E-state index contributed by atoms with van der Waals surface area (Å²) in [6, 6.07) is 5.79. The van der Waals surface area contributed by atoms with E-state index in [9.17, 15) is 0 Å². The van der Waals surface area contributed by atoms with E-state index in [1.165, 1.54) is 0 Å². The summed E-state index contributed by atoms with van der Waals surface area (Å²) in [7, 11) is 0. The SMILES string of the molecule is Cc1cc(Br)ccc1Oc1nc(N)ncc1C. The predicted molar refractivity (Wildman–Crippen MR) is 70.1 cm³/mol. The van der Waals surface area contributed by atoms with Crippen molar-refractivity contribution in [2.75, 3.05) is 5.73 Å². The van der Waals surface area contributed by atoms with Crippen molar-refractivity contribution in [1.29, 1.82) is 0 Å². The Labute approximate surface area is 108 Å². The van der Waals surface area contributed by atoms with Crippen molar-refractivity contribution in [1.82, 2.24) is 9.97 Å². The third-order valence-corrected chi connectivity index (χ3v) is 2.78. The van der Waals surface area contributed by atoms with Crippen LogP contribution in [-0.2, 0) is 0 Å². The number of rotatable bonds is 2. The minimum Gasteiger partial charge on any atom is -0.438 e. The molecule has 0 amide bonds. The Balaban J connectivity index is 2.34. The molecule has 0 saturated heterocycles. The summed E-state index contributed by atoms with van der Waals surface area (Å²) >= 11 is 3.41. The van der Waals surface area contributed by atoms with Crippen LogP contribution in [0.4, 0.5) is 5.95 Å². The van der Waals surface area contributed by atoms with Crippen LogP contribution in [0.15, 0.2) is 28.9 Å². The van der Waals surface area contributed by atoms with Crippen LogP contribution in [0.3, 0.4) is 0 Å². The first-order chi connectivity index (χ1) is 8.06. The molecule has 88 valence electrons. The molecule has 0 bridgehead atoms. The van der Waals surface area contributed by atoms with Gasteiger partial charge < -0.3 is 10.5 Å². The van der Waals surface area contributed by atoms with E-state index >= 15 is 0 Å². The Bertz CT molecular complexity index is 557. The second-order valence-electron chi connectivity index (χ2n) is 3.73. The van der Waals surface area contributed by atoms with E-state index in [1.807, 2.05) is 32.0 Å². The van der Waals surface area contributed by atoms with Crippen LogP contribution in [-0.4, -0.2) is 9.97 Å². The standard InChI is InChI=1S/C12H12BrN3O/c1-7-5-9(13)3-4-10(7)17-11-8(2)6-15-12(14)16-11/h3-6H,1-2H3,(H2,14,15,16). The van der Waals surface area contributed by atoms with E-state index < -0.39 is 0 Å². The third kappa shape index (κ3) is 2.74. The number of nitrogens with two attached hydrogens (primary N) is 1. The van der Waals surface area contributed by atoms with Gasteiger partial charge in [-0.1, -0.05) is 15.9 Å². The van der Waals surface area contributed by atoms with Crippen LogP contribution in [0.25, 0.3) is 0 Å². The minimum atomic E-state index is 0.209. The lowest BCUT2D eigenvalue weighted by Crippen LogP contribution is -1.99. The fourth-order valence-corrected chi connectivity index (χ4v) is 1.85. The van der Waals surface area contributed by atoms with E-state index in [2.05, 4.69) is 25.9 Å². The molecule has 1 heterocycles. The van der Waals surface area contributed by atoms with Crippen molar-refractivity contribution in [3.05, 3.63) is 40.0 Å². The van der Waals surface area contributed by atoms with Gasteiger partial charge >= 0.3 is 0 Å². The van der Waals surface area contributed by atoms with Gasteiger partial charge in [-0.25, -0.2) is 4.98 Å². The van der Waals surface area contributed by atoms with Gasteiger partial charge in [-0.2, -0.15) is 4.98 Å². The quantitative estimate of drug-likeness (QED) is 0.923. The highest BCUT2D eigenvalue weighted by atomic mass is 79.9. The number of aryl methyl sites for hydroxylation is 2. The maximum absolute atomic E-state index is 5.72. The zero-order valence-corrected chi connectivity index (χ0v) is 11.2. The second kappa shape index (κ2) is 4.71. The lowest BCUT2D eigenvalue weighted by atomic mass is 10.2. The first kappa shape index (κ1) is 11.9. The molecule has 0 atom stereocenters. The fraction of sp³-hybridized carbons (Fsp3) is 0.167. The Morgan fingerprint density at radius 3 is 2.71 bits per heavy atom. The summed E-state index contributed by atoms with van der Waals surface area (Å²) < 4.78 is 6.74. The van der Waals surface area contributed by atoms with E-state index in [0.29, 0.717) is 5.88 Å². The summed E-state index contributed by atoms with van der Waals surface area (Å²) in [5, 5.41) is 0. The topological polar surface area (TPSA) is 61.0 Å². The molecule has 0 aliphatic rings. The molecule has 2 N–H and O–H groups in total. The second-order valence-corrected chi connectivity index (χ2v) is 4.64. The number of benzene rings is 1. The van der Waals surface area contributed by atoms with Gasteiger partial charge in [0.05, 0.1) is 0 Å². The maximum Gasteiger partial charge on any atom is 0.226 e. The molecule has 17 heavy (non-hydrogen) atoms. The van der Waals surface area contributed by atoms with Gasteiger partial charge in [0.2, 0.25) is 11.8 Å². The van der Waals surface area contributed by atoms with Crippen molar-refractivity contribution < 1.29 is 4.74 Å². The smallest absolute Gasteiger partial charge is 0.226 e. The number of anilines is 1. The van der Waals surface area contributed by atoms with Crippen molar-refractivity contribution in [2.24, 2.45) is 0 Å². The van der Waals surface area contributed by atoms with Crippen LogP contribution in [0.1, 0.15) is 11.1 Å². The van der Waals surface area contributed by atoms with Gasteiger partial charge in [0, 0.05) is 16.2 Å². The number of aromatic nitrogens is 2. The largest absolute Gasteiger partial charge is 0.438 e. The molecular formula is C12H12BrN3O. The first-order valence-electron chi connectivity index (χ1n) is 5.09. The zero-order chi connectivity index (χ0) is 12.4. The van der Waals surface area contributed by atoms with E-state index in [4.69, 9.17) is 10.5 Å². The number of hydrogen-bond donors (Lipinski definition) is 1. The predicted octanol–water partition coefficient (Wildman–Crippen LogP) is 3.23. The van der Waals surface area contributed by atoms with Gasteiger partial charge in [0.25, 0.3) is 0 Å². The molecule has 0 unspecified atom stereocenters. The molecule has 2 aromatic rings. The molecule has 1 aromatic heterocycles. The van der Waals surface area contributed by atoms with E-state index in [0.717, 1.165) is 21.3 Å². The zero-order valence-electron chi connectivity index (χ0n) is 9.57. The van der Waals surface area contributed by atoms with Crippen LogP contribution in [0.2, 0.25) is 0 Å². The molecule has 0 radical (unpaired) electrons. The van der Waals surface area contributed by atoms with Gasteiger partial charge in [0.15, 0.2) is 0 Å². The molecule has 1 aromatic carbocycles. The number of nitrogen functional groups attached to an aromatic ring is 1. The molecule has 0 fully saturated rings. The number of ether oxygens (including phenoxy) is 1. The van der Waals surface area contributed by atoms with Crippen LogP contribution >= 0.6 is 15.9 Å². The fourth-order valence-electron chi connectivity index (χ4n) is 1.37. The lowest BCUT2D eigenvalue weighted by Gasteiger charge is -2.10. The highest BCUT2D eigenvalue weighted by molar-refractivity contribution is 9.10. The van der Waals surface area contributed by atoms with Gasteiger partial charge in [-0.15, -0.1) is 0 Å². The number of hydrogen-bond acceptors (Lipinski definition) is 4. The highest BCUT2D eigenvalue weighted by Gasteiger charge is 2.07. The molecule has 0 aliphatic carbocycles. The van der Waals surface area contributed by atoms with Gasteiger partial charge in [-0.3, -0.25) is 0 Å². The minimum absolute atomic E-state index is 0.209. The Hall–Kier alpha value is -1.62. The van der Waals surface area contributed by atoms with Crippen molar-refractivity contribution in [3.63, 3.8) is 0 Å². The monoisotopic (exact) mass is 293 g/mol. The highest BCUT2D eigenvalue weighted by Crippen LogP contribution is 2.28. The van der Waals surface area contributed by atoms with Crippen molar-refractivity contribution >= 4 is 21.9 Å². The Morgan fingerprint density at radius 2 is 2.00 bits per heavy atom. The van der Waals surface area contributed by atoms with Crippen molar-refractivity contribution in [3.8, 4) is 11.6 Å². The molecule has 4 nitrogen and oxygen atoms in total. The Kier molecular flexibility index (Phi) is 3.28. The maximum atomic E-state index is 5.72. The third-order valence-electron chi connectivity index (χ3n) is 2.29. The average Bonchev–Trinajstić information content (AvgIpc) is 2.27. The molecule has 5 heteroatoms. The van der Waals surface area contributed by atoms with Crippen LogP contribution in [0, 0.1) is 13.8 Å². The number of halogens is 1. The average molecular weight is 294 g/mol. The van der Waals surface area contributed by atoms with Crippen LogP contribution in [0.5, 0.6) is 11.6 Å². The van der Waals surface area contributed by atoms with Crippen LogP contribution < -0.4 is 10.5 Å². The lowest BCUT2D eigenvalue weighted by molar-refractivity contribution is 0.455. The molecule has 0 saturated carbocycles. The number of nitrogens with zero attached hydrogens (tertiary/aromatic N) is 2. The first-order valence-corrected chi connectivity index (χ1v) is 5.88.